The molecule has 0 aliphatic carbocycles. The van der Waals surface area contributed by atoms with Gasteiger partial charge in [-0.15, -0.1) is 0 Å². The first kappa shape index (κ1) is 10.8. The third-order valence-corrected chi connectivity index (χ3v) is 2.32. The van der Waals surface area contributed by atoms with Crippen LogP contribution >= 0.6 is 15.9 Å². The Hall–Kier alpha value is -1.23. The van der Waals surface area contributed by atoms with Gasteiger partial charge in [-0.1, -0.05) is 0 Å². The highest BCUT2D eigenvalue weighted by Crippen LogP contribution is 2.32. The number of carboxylic acids is 1. The molecule has 5 heteroatoms. The maximum Gasteiger partial charge on any atom is 0.339 e. The van der Waals surface area contributed by atoms with Crippen LogP contribution in [0.4, 0.5) is 0 Å². The zero-order chi connectivity index (χ0) is 10.7. The molecule has 0 aliphatic rings. The van der Waals surface area contributed by atoms with Crippen molar-refractivity contribution in [3.63, 3.8) is 0 Å². The molecule has 1 N–H and O–H groups in total. The molecule has 0 spiro atoms. The van der Waals surface area contributed by atoms with Gasteiger partial charge in [0.1, 0.15) is 17.1 Å². The van der Waals surface area contributed by atoms with Crippen molar-refractivity contribution in [3.8, 4) is 11.5 Å². The van der Waals surface area contributed by atoms with Crippen LogP contribution in [-0.4, -0.2) is 25.3 Å². The van der Waals surface area contributed by atoms with Gasteiger partial charge in [0, 0.05) is 0 Å². The number of aromatic carboxylic acids is 1. The van der Waals surface area contributed by atoms with Crippen LogP contribution in [0.3, 0.4) is 0 Å². The lowest BCUT2D eigenvalue weighted by atomic mass is 10.2. The summed E-state index contributed by atoms with van der Waals surface area (Å²) in [4.78, 5) is 10.8. The van der Waals surface area contributed by atoms with Gasteiger partial charge in [-0.05, 0) is 28.1 Å². The van der Waals surface area contributed by atoms with Crippen molar-refractivity contribution in [2.24, 2.45) is 0 Å². The van der Waals surface area contributed by atoms with E-state index in [0.29, 0.717) is 16.0 Å². The van der Waals surface area contributed by atoms with Gasteiger partial charge < -0.3 is 14.6 Å². The first-order valence-corrected chi connectivity index (χ1v) is 4.54. The molecule has 1 rings (SSSR count). The minimum absolute atomic E-state index is 0.0764. The molecule has 76 valence electrons. The second kappa shape index (κ2) is 4.32. The van der Waals surface area contributed by atoms with Crippen LogP contribution in [-0.2, 0) is 0 Å². The predicted molar refractivity (Wildman–Crippen MR) is 54.2 cm³/mol. The number of halogens is 1. The standard InChI is InChI=1S/C9H9BrO4/c1-13-7-4-6(10)8(14-2)3-5(7)9(11)12/h3-4H,1-2H3,(H,11,12). The van der Waals surface area contributed by atoms with Crippen LogP contribution in [0.1, 0.15) is 10.4 Å². The van der Waals surface area contributed by atoms with Crippen LogP contribution in [0.2, 0.25) is 0 Å². The van der Waals surface area contributed by atoms with Crippen LogP contribution in [0.5, 0.6) is 11.5 Å². The Balaban J connectivity index is 3.32. The highest BCUT2D eigenvalue weighted by molar-refractivity contribution is 9.10. The predicted octanol–water partition coefficient (Wildman–Crippen LogP) is 2.16. The molecule has 0 heterocycles. The highest BCUT2D eigenvalue weighted by Gasteiger charge is 2.14. The molecule has 0 unspecified atom stereocenters. The Kier molecular flexibility index (Phi) is 3.35. The van der Waals surface area contributed by atoms with Gasteiger partial charge in [-0.3, -0.25) is 0 Å². The maximum absolute atomic E-state index is 10.8. The zero-order valence-corrected chi connectivity index (χ0v) is 9.29. The summed E-state index contributed by atoms with van der Waals surface area (Å²) in [6.07, 6.45) is 0. The first-order chi connectivity index (χ1) is 6.60. The van der Waals surface area contributed by atoms with E-state index in [1.165, 1.54) is 20.3 Å². The second-order valence-electron chi connectivity index (χ2n) is 2.49. The fourth-order valence-electron chi connectivity index (χ4n) is 1.03. The number of benzene rings is 1. The summed E-state index contributed by atoms with van der Waals surface area (Å²) in [5.41, 5.74) is 0.0764. The topological polar surface area (TPSA) is 55.8 Å². The fraction of sp³-hybridized carbons (Fsp3) is 0.222. The first-order valence-electron chi connectivity index (χ1n) is 3.75. The molecule has 14 heavy (non-hydrogen) atoms. The number of rotatable bonds is 3. The summed E-state index contributed by atoms with van der Waals surface area (Å²) in [6, 6.07) is 2.97. The second-order valence-corrected chi connectivity index (χ2v) is 3.35. The van der Waals surface area contributed by atoms with Gasteiger partial charge in [0.15, 0.2) is 0 Å². The van der Waals surface area contributed by atoms with Gasteiger partial charge >= 0.3 is 5.97 Å². The Bertz CT molecular complexity index is 362. The molecule has 0 radical (unpaired) electrons. The van der Waals surface area contributed by atoms with E-state index in [2.05, 4.69) is 15.9 Å². The third kappa shape index (κ3) is 1.98. The fourth-order valence-corrected chi connectivity index (χ4v) is 1.51. The summed E-state index contributed by atoms with van der Waals surface area (Å²) >= 11 is 3.23. The number of hydrogen-bond acceptors (Lipinski definition) is 3. The van der Waals surface area contributed by atoms with Gasteiger partial charge in [-0.2, -0.15) is 0 Å². The van der Waals surface area contributed by atoms with Gasteiger partial charge in [0.25, 0.3) is 0 Å². The SMILES string of the molecule is COc1cc(C(=O)O)c(OC)cc1Br. The maximum atomic E-state index is 10.8. The van der Waals surface area contributed by atoms with E-state index >= 15 is 0 Å². The summed E-state index contributed by atoms with van der Waals surface area (Å²) < 4.78 is 10.5. The molecule has 0 aromatic heterocycles. The third-order valence-electron chi connectivity index (χ3n) is 1.70. The molecule has 0 saturated heterocycles. The number of carbonyl (C=O) groups is 1. The molecule has 0 bridgehead atoms. The Labute approximate surface area is 89.6 Å². The molecular formula is C9H9BrO4. The van der Waals surface area contributed by atoms with Crippen LogP contribution in [0, 0.1) is 0 Å². The average Bonchev–Trinajstić information content (AvgIpc) is 2.16. The van der Waals surface area contributed by atoms with E-state index in [1.807, 2.05) is 0 Å². The van der Waals surface area contributed by atoms with Crippen LogP contribution in [0.25, 0.3) is 0 Å². The van der Waals surface area contributed by atoms with E-state index < -0.39 is 5.97 Å². The van der Waals surface area contributed by atoms with Crippen molar-refractivity contribution in [1.82, 2.24) is 0 Å². The minimum Gasteiger partial charge on any atom is -0.496 e. The highest BCUT2D eigenvalue weighted by atomic mass is 79.9. The zero-order valence-electron chi connectivity index (χ0n) is 7.70. The molecule has 4 nitrogen and oxygen atoms in total. The Morgan fingerprint density at radius 1 is 1.29 bits per heavy atom. The van der Waals surface area contributed by atoms with Crippen molar-refractivity contribution < 1.29 is 19.4 Å². The monoisotopic (exact) mass is 260 g/mol. The largest absolute Gasteiger partial charge is 0.496 e. The molecule has 0 fully saturated rings. The number of carboxylic acid groups (broad SMARTS) is 1. The summed E-state index contributed by atoms with van der Waals surface area (Å²) in [5.74, 6) is -0.291. The van der Waals surface area contributed by atoms with E-state index in [-0.39, 0.29) is 5.56 Å². The van der Waals surface area contributed by atoms with Gasteiger partial charge in [0.05, 0.1) is 18.7 Å². The number of ether oxygens (including phenoxy) is 2. The van der Waals surface area contributed by atoms with Crippen molar-refractivity contribution >= 4 is 21.9 Å². The Morgan fingerprint density at radius 3 is 2.29 bits per heavy atom. The average molecular weight is 261 g/mol. The smallest absolute Gasteiger partial charge is 0.339 e. The summed E-state index contributed by atoms with van der Waals surface area (Å²) in [7, 11) is 2.89. The quantitative estimate of drug-likeness (QED) is 0.905. The van der Waals surface area contributed by atoms with Crippen molar-refractivity contribution in [2.75, 3.05) is 14.2 Å². The van der Waals surface area contributed by atoms with Gasteiger partial charge in [-0.25, -0.2) is 4.79 Å². The lowest BCUT2D eigenvalue weighted by molar-refractivity contribution is 0.0693. The lowest BCUT2D eigenvalue weighted by Gasteiger charge is -2.08. The number of methoxy groups -OCH3 is 2. The molecule has 0 saturated carbocycles. The van der Waals surface area contributed by atoms with Crippen LogP contribution in [0.15, 0.2) is 16.6 Å². The van der Waals surface area contributed by atoms with E-state index in [0.717, 1.165) is 0 Å². The molecule has 0 atom stereocenters. The summed E-state index contributed by atoms with van der Waals surface area (Å²) in [5, 5.41) is 8.86. The van der Waals surface area contributed by atoms with E-state index in [1.54, 1.807) is 6.07 Å². The molecule has 1 aromatic rings. The lowest BCUT2D eigenvalue weighted by Crippen LogP contribution is -2.01. The normalized spacial score (nSPS) is 9.64. The van der Waals surface area contributed by atoms with E-state index in [9.17, 15) is 4.79 Å². The summed E-state index contributed by atoms with van der Waals surface area (Å²) in [6.45, 7) is 0. The molecular weight excluding hydrogens is 252 g/mol. The van der Waals surface area contributed by atoms with Crippen LogP contribution < -0.4 is 9.47 Å². The minimum atomic E-state index is -1.05. The number of hydrogen-bond donors (Lipinski definition) is 1. The van der Waals surface area contributed by atoms with Crippen molar-refractivity contribution in [1.29, 1.82) is 0 Å². The molecule has 0 amide bonds. The Morgan fingerprint density at radius 2 is 1.86 bits per heavy atom. The van der Waals surface area contributed by atoms with Gasteiger partial charge in [0.2, 0.25) is 0 Å². The molecule has 0 aliphatic heterocycles. The van der Waals surface area contributed by atoms with Crippen molar-refractivity contribution in [2.45, 2.75) is 0 Å². The van der Waals surface area contributed by atoms with E-state index in [4.69, 9.17) is 14.6 Å². The van der Waals surface area contributed by atoms with Crippen molar-refractivity contribution in [3.05, 3.63) is 22.2 Å². The molecule has 1 aromatic carbocycles.